The number of aromatic nitrogens is 1. The third kappa shape index (κ3) is 3.05. The minimum atomic E-state index is -5.86. The number of halogens is 7. The van der Waals surface area contributed by atoms with Crippen molar-refractivity contribution in [3.05, 3.63) is 23.9 Å². The number of nitrogens with zero attached hydrogens (tertiary/aromatic N) is 1. The fraction of sp³-hybridized carbons (Fsp3) is 0.400. The van der Waals surface area contributed by atoms with Crippen molar-refractivity contribution in [3.63, 3.8) is 0 Å². The van der Waals surface area contributed by atoms with E-state index < -0.39 is 28.4 Å². The van der Waals surface area contributed by atoms with Gasteiger partial charge in [0.25, 0.3) is 10.2 Å². The SMILES string of the molecule is Cc1cccc(NC(=O)C(Br)(C(F)(F)F)C(F)(F)F)n1. The van der Waals surface area contributed by atoms with Crippen LogP contribution in [-0.2, 0) is 4.79 Å². The molecule has 10 heteroatoms. The van der Waals surface area contributed by atoms with Crippen LogP contribution in [0.5, 0.6) is 0 Å². The molecule has 112 valence electrons. The molecule has 0 aliphatic carbocycles. The van der Waals surface area contributed by atoms with Crippen molar-refractivity contribution in [2.24, 2.45) is 0 Å². The third-order valence-electron chi connectivity index (χ3n) is 2.22. The van der Waals surface area contributed by atoms with Crippen LogP contribution in [0.15, 0.2) is 18.2 Å². The van der Waals surface area contributed by atoms with Crippen LogP contribution < -0.4 is 5.32 Å². The average molecular weight is 365 g/mol. The number of carbonyl (C=O) groups excluding carboxylic acids is 1. The molecule has 0 fully saturated rings. The summed E-state index contributed by atoms with van der Waals surface area (Å²) < 4.78 is 70.8. The van der Waals surface area contributed by atoms with Gasteiger partial charge in [0.2, 0.25) is 0 Å². The molecule has 0 saturated carbocycles. The Labute approximate surface area is 117 Å². The van der Waals surface area contributed by atoms with E-state index in [0.29, 0.717) is 5.69 Å². The van der Waals surface area contributed by atoms with Gasteiger partial charge < -0.3 is 5.32 Å². The van der Waals surface area contributed by atoms with E-state index in [4.69, 9.17) is 0 Å². The smallest absolute Gasteiger partial charge is 0.309 e. The van der Waals surface area contributed by atoms with Crippen molar-refractivity contribution in [2.45, 2.75) is 23.6 Å². The second-order valence-electron chi connectivity index (χ2n) is 3.77. The van der Waals surface area contributed by atoms with Crippen LogP contribution in [0.4, 0.5) is 32.2 Å². The Balaban J connectivity index is 3.15. The van der Waals surface area contributed by atoms with Crippen LogP contribution in [0.2, 0.25) is 0 Å². The number of aryl methyl sites for hydroxylation is 1. The summed E-state index contributed by atoms with van der Waals surface area (Å²) in [6.45, 7) is 1.46. The Hall–Kier alpha value is -1.32. The predicted octanol–water partition coefficient (Wildman–Crippen LogP) is 3.59. The van der Waals surface area contributed by atoms with Crippen LogP contribution in [0, 0.1) is 6.92 Å². The lowest BCUT2D eigenvalue weighted by Gasteiger charge is -2.30. The van der Waals surface area contributed by atoms with Gasteiger partial charge in [-0.3, -0.25) is 4.79 Å². The van der Waals surface area contributed by atoms with Crippen LogP contribution in [-0.4, -0.2) is 27.6 Å². The maximum Gasteiger partial charge on any atom is 0.421 e. The fourth-order valence-electron chi connectivity index (χ4n) is 1.23. The molecule has 1 amide bonds. The van der Waals surface area contributed by atoms with E-state index in [-0.39, 0.29) is 0 Å². The molecule has 0 bridgehead atoms. The van der Waals surface area contributed by atoms with Gasteiger partial charge in [0.15, 0.2) is 0 Å². The summed E-state index contributed by atoms with van der Waals surface area (Å²) >= 11 is 1.48. The fourth-order valence-corrected chi connectivity index (χ4v) is 1.33. The zero-order valence-corrected chi connectivity index (χ0v) is 11.3. The van der Waals surface area contributed by atoms with Gasteiger partial charge in [-0.25, -0.2) is 4.98 Å². The van der Waals surface area contributed by atoms with Crippen molar-refractivity contribution < 1.29 is 31.1 Å². The minimum absolute atomic E-state index is 0.321. The lowest BCUT2D eigenvalue weighted by Crippen LogP contribution is -2.59. The van der Waals surface area contributed by atoms with Gasteiger partial charge in [0.05, 0.1) is 0 Å². The molecule has 0 saturated heterocycles. The molecule has 1 aromatic heterocycles. The van der Waals surface area contributed by atoms with Gasteiger partial charge in [0.1, 0.15) is 5.82 Å². The molecule has 0 unspecified atom stereocenters. The zero-order chi connectivity index (χ0) is 15.8. The first-order valence-corrected chi connectivity index (χ1v) is 5.76. The van der Waals surface area contributed by atoms with Crippen molar-refractivity contribution in [2.75, 3.05) is 5.32 Å². The molecular formula is C10H7BrF6N2O. The number of hydrogen-bond acceptors (Lipinski definition) is 2. The Morgan fingerprint density at radius 2 is 1.65 bits per heavy atom. The maximum atomic E-state index is 12.6. The molecule has 3 nitrogen and oxygen atoms in total. The summed E-state index contributed by atoms with van der Waals surface area (Å²) in [7, 11) is 0. The summed E-state index contributed by atoms with van der Waals surface area (Å²) in [5, 5.41) is 1.50. The maximum absolute atomic E-state index is 12.6. The standard InChI is InChI=1S/C10H7BrF6N2O/c1-5-3-2-4-6(18-5)19-7(20)8(11,9(12,13)14)10(15,16)17/h2-4H,1H3,(H,18,19,20). The summed E-state index contributed by atoms with van der Waals surface area (Å²) in [5.41, 5.74) is 0.321. The highest BCUT2D eigenvalue weighted by atomic mass is 79.9. The van der Waals surface area contributed by atoms with Gasteiger partial charge >= 0.3 is 12.4 Å². The van der Waals surface area contributed by atoms with Crippen LogP contribution in [0.25, 0.3) is 0 Å². The van der Waals surface area contributed by atoms with E-state index in [2.05, 4.69) is 4.98 Å². The van der Waals surface area contributed by atoms with Gasteiger partial charge in [0, 0.05) is 5.69 Å². The number of pyridine rings is 1. The number of rotatable bonds is 2. The van der Waals surface area contributed by atoms with Crippen molar-refractivity contribution >= 4 is 27.7 Å². The van der Waals surface area contributed by atoms with Gasteiger partial charge in [-0.05, 0) is 19.1 Å². The van der Waals surface area contributed by atoms with Crippen molar-refractivity contribution in [1.82, 2.24) is 4.98 Å². The van der Waals surface area contributed by atoms with Crippen molar-refractivity contribution in [3.8, 4) is 0 Å². The molecule has 0 aliphatic heterocycles. The quantitative estimate of drug-likeness (QED) is 0.643. The van der Waals surface area contributed by atoms with E-state index in [9.17, 15) is 31.1 Å². The molecule has 1 heterocycles. The lowest BCUT2D eigenvalue weighted by molar-refractivity contribution is -0.253. The Morgan fingerprint density at radius 3 is 2.05 bits per heavy atom. The molecule has 0 atom stereocenters. The van der Waals surface area contributed by atoms with E-state index >= 15 is 0 Å². The predicted molar refractivity (Wildman–Crippen MR) is 61.4 cm³/mol. The number of alkyl halides is 7. The Bertz CT molecular complexity index is 499. The number of carbonyl (C=O) groups is 1. The molecule has 1 rings (SSSR count). The monoisotopic (exact) mass is 364 g/mol. The first kappa shape index (κ1) is 16.7. The van der Waals surface area contributed by atoms with E-state index in [1.807, 2.05) is 0 Å². The van der Waals surface area contributed by atoms with E-state index in [1.54, 1.807) is 0 Å². The topological polar surface area (TPSA) is 42.0 Å². The molecule has 1 aromatic rings. The van der Waals surface area contributed by atoms with Crippen LogP contribution in [0.3, 0.4) is 0 Å². The van der Waals surface area contributed by atoms with Gasteiger partial charge in [-0.1, -0.05) is 22.0 Å². The average Bonchev–Trinajstić information content (AvgIpc) is 2.24. The minimum Gasteiger partial charge on any atom is -0.309 e. The largest absolute Gasteiger partial charge is 0.421 e. The summed E-state index contributed by atoms with van der Waals surface area (Å²) in [5.74, 6) is -2.72. The second-order valence-corrected chi connectivity index (χ2v) is 4.96. The van der Waals surface area contributed by atoms with Crippen LogP contribution >= 0.6 is 15.9 Å². The number of hydrogen-bond donors (Lipinski definition) is 1. The molecule has 0 aromatic carbocycles. The summed E-state index contributed by atoms with van der Waals surface area (Å²) in [6, 6.07) is 3.87. The van der Waals surface area contributed by atoms with E-state index in [1.165, 1.54) is 40.3 Å². The van der Waals surface area contributed by atoms with E-state index in [0.717, 1.165) is 6.07 Å². The molecule has 0 radical (unpaired) electrons. The second kappa shape index (κ2) is 5.23. The molecule has 20 heavy (non-hydrogen) atoms. The number of amides is 1. The number of nitrogens with one attached hydrogen (secondary N) is 1. The molecule has 0 aliphatic rings. The highest BCUT2D eigenvalue weighted by Gasteiger charge is 2.74. The first-order valence-electron chi connectivity index (χ1n) is 4.97. The Kier molecular flexibility index (Phi) is 4.37. The highest BCUT2D eigenvalue weighted by molar-refractivity contribution is 9.10. The molecule has 0 spiro atoms. The summed E-state index contributed by atoms with van der Waals surface area (Å²) in [4.78, 5) is 15.0. The summed E-state index contributed by atoms with van der Waals surface area (Å²) in [6.07, 6.45) is -11.7. The van der Waals surface area contributed by atoms with Crippen LogP contribution in [0.1, 0.15) is 5.69 Å². The Morgan fingerprint density at radius 1 is 1.15 bits per heavy atom. The third-order valence-corrected chi connectivity index (χ3v) is 3.48. The van der Waals surface area contributed by atoms with Crippen molar-refractivity contribution in [1.29, 1.82) is 0 Å². The first-order chi connectivity index (χ1) is 8.89. The molecular weight excluding hydrogens is 358 g/mol. The van der Waals surface area contributed by atoms with Gasteiger partial charge in [-0.2, -0.15) is 26.3 Å². The molecule has 1 N–H and O–H groups in total. The zero-order valence-electron chi connectivity index (χ0n) is 9.73. The lowest BCUT2D eigenvalue weighted by atomic mass is 10.1. The highest BCUT2D eigenvalue weighted by Crippen LogP contribution is 2.49. The van der Waals surface area contributed by atoms with Gasteiger partial charge in [-0.15, -0.1) is 0 Å². The number of anilines is 1. The normalized spacial score (nSPS) is 13.2.